The van der Waals surface area contributed by atoms with E-state index in [0.717, 1.165) is 41.5 Å². The Bertz CT molecular complexity index is 678. The fraction of sp³-hybridized carbons (Fsp3) is 0.333. The zero-order valence-corrected chi connectivity index (χ0v) is 12.5. The van der Waals surface area contributed by atoms with Crippen LogP contribution in [0, 0.1) is 11.8 Å². The van der Waals surface area contributed by atoms with Gasteiger partial charge < -0.3 is 9.47 Å². The van der Waals surface area contributed by atoms with Gasteiger partial charge in [0.25, 0.3) is 0 Å². The highest BCUT2D eigenvalue weighted by molar-refractivity contribution is 6.19. The Balaban J connectivity index is 1.79. The fourth-order valence-corrected chi connectivity index (χ4v) is 2.57. The molecule has 2 aromatic rings. The lowest BCUT2D eigenvalue weighted by Crippen LogP contribution is -2.27. The summed E-state index contributed by atoms with van der Waals surface area (Å²) in [7, 11) is 0. The second-order valence-corrected chi connectivity index (χ2v) is 5.38. The molecule has 0 aliphatic carbocycles. The van der Waals surface area contributed by atoms with Crippen LogP contribution in [0.4, 0.5) is 0 Å². The predicted octanol–water partition coefficient (Wildman–Crippen LogP) is 3.99. The van der Waals surface area contributed by atoms with Crippen molar-refractivity contribution >= 4 is 22.4 Å². The molecule has 1 heterocycles. The maximum Gasteiger partial charge on any atom is 0.122 e. The quantitative estimate of drug-likeness (QED) is 0.617. The fourth-order valence-electron chi connectivity index (χ4n) is 2.51. The molecule has 0 radical (unpaired) electrons. The van der Waals surface area contributed by atoms with Crippen LogP contribution in [0.2, 0.25) is 0 Å². The Morgan fingerprint density at radius 1 is 1.19 bits per heavy atom. The molecule has 3 heteroatoms. The second kappa shape index (κ2) is 6.85. The zero-order valence-electron chi connectivity index (χ0n) is 11.8. The first-order valence-corrected chi connectivity index (χ1v) is 7.72. The van der Waals surface area contributed by atoms with Gasteiger partial charge in [0, 0.05) is 12.2 Å². The van der Waals surface area contributed by atoms with Gasteiger partial charge in [0.1, 0.15) is 11.9 Å². The summed E-state index contributed by atoms with van der Waals surface area (Å²) in [5, 5.41) is 2.31. The molecule has 1 aliphatic rings. The average molecular weight is 301 g/mol. The van der Waals surface area contributed by atoms with E-state index in [4.69, 9.17) is 21.1 Å². The number of hydrogen-bond donors (Lipinski definition) is 0. The van der Waals surface area contributed by atoms with Crippen LogP contribution in [0.5, 0.6) is 5.75 Å². The van der Waals surface area contributed by atoms with Gasteiger partial charge in [-0.1, -0.05) is 24.0 Å². The van der Waals surface area contributed by atoms with E-state index in [1.165, 1.54) is 0 Å². The summed E-state index contributed by atoms with van der Waals surface area (Å²) in [5.74, 6) is 7.16. The van der Waals surface area contributed by atoms with Crippen LogP contribution >= 0.6 is 11.6 Å². The van der Waals surface area contributed by atoms with E-state index in [1.54, 1.807) is 0 Å². The minimum Gasteiger partial charge on any atom is -0.488 e. The molecule has 0 bridgehead atoms. The lowest BCUT2D eigenvalue weighted by molar-refractivity contribution is 0.00749. The molecule has 2 aromatic carbocycles. The summed E-state index contributed by atoms with van der Waals surface area (Å²) in [4.78, 5) is 0. The molecule has 1 saturated heterocycles. The number of benzene rings is 2. The number of rotatable bonds is 2. The third kappa shape index (κ3) is 3.69. The lowest BCUT2D eigenvalue weighted by atomic mass is 10.1. The van der Waals surface area contributed by atoms with Crippen molar-refractivity contribution in [2.24, 2.45) is 0 Å². The molecule has 0 N–H and O–H groups in total. The molecule has 108 valence electrons. The van der Waals surface area contributed by atoms with Crippen LogP contribution < -0.4 is 4.74 Å². The maximum absolute atomic E-state index is 5.99. The number of ether oxygens (including phenoxy) is 2. The van der Waals surface area contributed by atoms with Crippen molar-refractivity contribution in [1.29, 1.82) is 0 Å². The van der Waals surface area contributed by atoms with Crippen molar-refractivity contribution in [3.63, 3.8) is 0 Å². The maximum atomic E-state index is 5.99. The molecule has 1 atom stereocenters. The highest BCUT2D eigenvalue weighted by Gasteiger charge is 2.15. The summed E-state index contributed by atoms with van der Waals surface area (Å²) in [6.45, 7) is 1.54. The van der Waals surface area contributed by atoms with Gasteiger partial charge in [-0.2, -0.15) is 0 Å². The lowest BCUT2D eigenvalue weighted by Gasteiger charge is -2.23. The third-order valence-corrected chi connectivity index (χ3v) is 3.67. The topological polar surface area (TPSA) is 18.5 Å². The Hall–Kier alpha value is -1.69. The minimum absolute atomic E-state index is 0.171. The van der Waals surface area contributed by atoms with E-state index < -0.39 is 0 Å². The molecule has 1 fully saturated rings. The Morgan fingerprint density at radius 3 is 2.86 bits per heavy atom. The van der Waals surface area contributed by atoms with Crippen LogP contribution in [0.3, 0.4) is 0 Å². The minimum atomic E-state index is 0.171. The van der Waals surface area contributed by atoms with E-state index in [-0.39, 0.29) is 6.10 Å². The standard InChI is InChI=1S/C18H17ClO2/c19-9-1-3-14-5-6-16-12-17(8-7-15(16)11-14)21-18-4-2-10-20-13-18/h5-8,11-12,18H,2,4,9-10,13H2. The Kier molecular flexibility index (Phi) is 4.65. The summed E-state index contributed by atoms with van der Waals surface area (Å²) in [6, 6.07) is 12.3. The second-order valence-electron chi connectivity index (χ2n) is 5.12. The Labute approximate surface area is 130 Å². The van der Waals surface area contributed by atoms with Crippen LogP contribution in [-0.4, -0.2) is 25.2 Å². The van der Waals surface area contributed by atoms with Gasteiger partial charge in [-0.25, -0.2) is 0 Å². The number of hydrogen-bond acceptors (Lipinski definition) is 2. The van der Waals surface area contributed by atoms with Gasteiger partial charge in [0.15, 0.2) is 0 Å². The van der Waals surface area contributed by atoms with E-state index in [1.807, 2.05) is 12.1 Å². The molecule has 21 heavy (non-hydrogen) atoms. The normalized spacial score (nSPS) is 18.0. The molecule has 0 aromatic heterocycles. The SMILES string of the molecule is ClCC#Cc1ccc2cc(OC3CCCOC3)ccc2c1. The first kappa shape index (κ1) is 14.3. The van der Waals surface area contributed by atoms with Crippen LogP contribution in [0.15, 0.2) is 36.4 Å². The largest absolute Gasteiger partial charge is 0.488 e. The molecule has 0 saturated carbocycles. The molecular weight excluding hydrogens is 284 g/mol. The van der Waals surface area contributed by atoms with E-state index in [0.29, 0.717) is 12.5 Å². The first-order chi connectivity index (χ1) is 10.3. The van der Waals surface area contributed by atoms with Gasteiger partial charge in [-0.15, -0.1) is 11.6 Å². The van der Waals surface area contributed by atoms with Crippen LogP contribution in [0.25, 0.3) is 10.8 Å². The van der Waals surface area contributed by atoms with Gasteiger partial charge in [0.2, 0.25) is 0 Å². The van der Waals surface area contributed by atoms with Crippen LogP contribution in [-0.2, 0) is 4.74 Å². The summed E-state index contributed by atoms with van der Waals surface area (Å²) in [5.41, 5.74) is 0.984. The van der Waals surface area contributed by atoms with Crippen molar-refractivity contribution in [2.75, 3.05) is 19.1 Å². The molecule has 1 aliphatic heterocycles. The first-order valence-electron chi connectivity index (χ1n) is 7.18. The Morgan fingerprint density at radius 2 is 2.05 bits per heavy atom. The molecule has 3 rings (SSSR count). The number of fused-ring (bicyclic) bond motifs is 1. The zero-order chi connectivity index (χ0) is 14.5. The molecular formula is C18H17ClO2. The van der Waals surface area contributed by atoms with Crippen molar-refractivity contribution in [1.82, 2.24) is 0 Å². The van der Waals surface area contributed by atoms with E-state index >= 15 is 0 Å². The summed E-state index contributed by atoms with van der Waals surface area (Å²) < 4.78 is 11.4. The van der Waals surface area contributed by atoms with Crippen molar-refractivity contribution in [2.45, 2.75) is 18.9 Å². The van der Waals surface area contributed by atoms with Gasteiger partial charge >= 0.3 is 0 Å². The highest BCUT2D eigenvalue weighted by atomic mass is 35.5. The number of alkyl halides is 1. The smallest absolute Gasteiger partial charge is 0.122 e. The summed E-state index contributed by atoms with van der Waals surface area (Å²) >= 11 is 5.58. The monoisotopic (exact) mass is 300 g/mol. The summed E-state index contributed by atoms with van der Waals surface area (Å²) in [6.07, 6.45) is 2.30. The van der Waals surface area contributed by atoms with Crippen molar-refractivity contribution in [3.8, 4) is 17.6 Å². The number of halogens is 1. The van der Waals surface area contributed by atoms with Crippen molar-refractivity contribution < 1.29 is 9.47 Å². The molecule has 0 spiro atoms. The van der Waals surface area contributed by atoms with Gasteiger partial charge in [-0.3, -0.25) is 0 Å². The highest BCUT2D eigenvalue weighted by Crippen LogP contribution is 2.24. The molecule has 0 amide bonds. The third-order valence-electron chi connectivity index (χ3n) is 3.53. The van der Waals surface area contributed by atoms with Gasteiger partial charge in [-0.05, 0) is 47.9 Å². The van der Waals surface area contributed by atoms with Crippen LogP contribution in [0.1, 0.15) is 18.4 Å². The van der Waals surface area contributed by atoms with E-state index in [9.17, 15) is 0 Å². The van der Waals surface area contributed by atoms with E-state index in [2.05, 4.69) is 36.1 Å². The van der Waals surface area contributed by atoms with Gasteiger partial charge in [0.05, 0.1) is 12.5 Å². The predicted molar refractivity (Wildman–Crippen MR) is 86.0 cm³/mol. The average Bonchev–Trinajstić information content (AvgIpc) is 2.54. The van der Waals surface area contributed by atoms with Crippen molar-refractivity contribution in [3.05, 3.63) is 42.0 Å². The molecule has 1 unspecified atom stereocenters. The molecule has 2 nitrogen and oxygen atoms in total.